The van der Waals surface area contributed by atoms with Crippen LogP contribution in [0.5, 0.6) is 0 Å². The van der Waals surface area contributed by atoms with Crippen LogP contribution in [0.15, 0.2) is 53.7 Å². The second-order valence-corrected chi connectivity index (χ2v) is 8.16. The molecule has 3 heterocycles. The van der Waals surface area contributed by atoms with Crippen LogP contribution in [0.3, 0.4) is 0 Å². The number of amides is 2. The number of urea groups is 1. The predicted octanol–water partition coefficient (Wildman–Crippen LogP) is 3.00. The fourth-order valence-corrected chi connectivity index (χ4v) is 4.15. The molecule has 0 radical (unpaired) electrons. The molecule has 2 fully saturated rings. The molecular weight excluding hydrogens is 402 g/mol. The number of carbonyl (C=O) groups is 1. The van der Waals surface area contributed by atoms with Crippen molar-refractivity contribution in [2.45, 2.75) is 26.3 Å². The van der Waals surface area contributed by atoms with Gasteiger partial charge in [-0.1, -0.05) is 18.2 Å². The van der Waals surface area contributed by atoms with E-state index in [-0.39, 0.29) is 6.03 Å². The first kappa shape index (κ1) is 21.9. The summed E-state index contributed by atoms with van der Waals surface area (Å²) in [5.74, 6) is 1.96. The van der Waals surface area contributed by atoms with E-state index in [1.807, 2.05) is 41.4 Å². The Labute approximate surface area is 190 Å². The molecule has 8 nitrogen and oxygen atoms in total. The highest BCUT2D eigenvalue weighted by Gasteiger charge is 2.20. The van der Waals surface area contributed by atoms with E-state index in [1.165, 1.54) is 0 Å². The number of likely N-dealkylation sites (tertiary alicyclic amines) is 1. The number of piperazine rings is 1. The van der Waals surface area contributed by atoms with Crippen molar-refractivity contribution in [1.82, 2.24) is 20.1 Å². The summed E-state index contributed by atoms with van der Waals surface area (Å²) in [5, 5.41) is 6.45. The van der Waals surface area contributed by atoms with Gasteiger partial charge in [-0.05, 0) is 49.6 Å². The first-order valence-electron chi connectivity index (χ1n) is 11.6. The average molecular weight is 436 g/mol. The molecular formula is C24H33N7O. The zero-order chi connectivity index (χ0) is 22.2. The van der Waals surface area contributed by atoms with Gasteiger partial charge >= 0.3 is 6.03 Å². The molecule has 1 aromatic heterocycles. The van der Waals surface area contributed by atoms with E-state index in [4.69, 9.17) is 4.99 Å². The van der Waals surface area contributed by atoms with E-state index in [0.29, 0.717) is 6.54 Å². The van der Waals surface area contributed by atoms with E-state index in [1.54, 1.807) is 0 Å². The number of anilines is 2. The van der Waals surface area contributed by atoms with Crippen molar-refractivity contribution in [3.8, 4) is 0 Å². The third-order valence-electron chi connectivity index (χ3n) is 5.87. The van der Waals surface area contributed by atoms with Gasteiger partial charge in [0.1, 0.15) is 5.82 Å². The molecule has 0 saturated carbocycles. The zero-order valence-electron chi connectivity index (χ0n) is 18.8. The van der Waals surface area contributed by atoms with Crippen LogP contribution in [0.4, 0.5) is 16.3 Å². The lowest BCUT2D eigenvalue weighted by molar-refractivity contribution is 0.222. The molecule has 0 unspecified atom stereocenters. The minimum atomic E-state index is -0.0118. The van der Waals surface area contributed by atoms with E-state index < -0.39 is 0 Å². The predicted molar refractivity (Wildman–Crippen MR) is 129 cm³/mol. The summed E-state index contributed by atoms with van der Waals surface area (Å²) >= 11 is 0. The van der Waals surface area contributed by atoms with Gasteiger partial charge < -0.3 is 25.3 Å². The van der Waals surface area contributed by atoms with E-state index >= 15 is 0 Å². The lowest BCUT2D eigenvalue weighted by Crippen LogP contribution is -2.52. The molecule has 2 aliphatic heterocycles. The Balaban J connectivity index is 1.35. The summed E-state index contributed by atoms with van der Waals surface area (Å²) < 4.78 is 0. The standard InChI is InChI=1S/C24H33N7O/c1-2-25-23(30-16-14-29(15-17-30)22-10-3-4-11-26-22)27-19-20-8-7-9-21(18-20)28-24(32)31-12-5-6-13-31/h3-4,7-11,18H,2,5-6,12-17,19H2,1H3,(H,25,27)(H,28,32). The Morgan fingerprint density at radius 2 is 1.81 bits per heavy atom. The van der Waals surface area contributed by atoms with Gasteiger partial charge in [0.2, 0.25) is 0 Å². The topological polar surface area (TPSA) is 76.1 Å². The molecule has 2 saturated heterocycles. The quantitative estimate of drug-likeness (QED) is 0.558. The lowest BCUT2D eigenvalue weighted by Gasteiger charge is -2.37. The second-order valence-electron chi connectivity index (χ2n) is 8.16. The normalized spacial score (nSPS) is 16.9. The number of nitrogens with one attached hydrogen (secondary N) is 2. The van der Waals surface area contributed by atoms with Gasteiger partial charge in [-0.15, -0.1) is 0 Å². The highest BCUT2D eigenvalue weighted by molar-refractivity contribution is 5.89. The lowest BCUT2D eigenvalue weighted by atomic mass is 10.2. The maximum absolute atomic E-state index is 12.4. The van der Waals surface area contributed by atoms with Crippen molar-refractivity contribution in [1.29, 1.82) is 0 Å². The molecule has 0 spiro atoms. The summed E-state index contributed by atoms with van der Waals surface area (Å²) in [7, 11) is 0. The Morgan fingerprint density at radius 1 is 1.00 bits per heavy atom. The number of carbonyl (C=O) groups excluding carboxylic acids is 1. The number of benzene rings is 1. The molecule has 8 heteroatoms. The number of pyridine rings is 1. The van der Waals surface area contributed by atoms with Crippen LogP contribution in [-0.2, 0) is 6.54 Å². The molecule has 32 heavy (non-hydrogen) atoms. The second kappa shape index (κ2) is 10.8. The Kier molecular flexibility index (Phi) is 7.42. The van der Waals surface area contributed by atoms with Gasteiger partial charge in [-0.2, -0.15) is 0 Å². The summed E-state index contributed by atoms with van der Waals surface area (Å²) in [5.41, 5.74) is 1.90. The largest absolute Gasteiger partial charge is 0.357 e. The first-order valence-corrected chi connectivity index (χ1v) is 11.6. The van der Waals surface area contributed by atoms with Crippen molar-refractivity contribution in [2.24, 2.45) is 4.99 Å². The van der Waals surface area contributed by atoms with Crippen molar-refractivity contribution >= 4 is 23.5 Å². The number of aliphatic imine (C=N–C) groups is 1. The molecule has 2 aromatic rings. The number of hydrogen-bond donors (Lipinski definition) is 2. The van der Waals surface area contributed by atoms with Gasteiger partial charge in [-0.3, -0.25) is 0 Å². The van der Waals surface area contributed by atoms with Crippen LogP contribution in [0.2, 0.25) is 0 Å². The number of hydrogen-bond acceptors (Lipinski definition) is 4. The monoisotopic (exact) mass is 435 g/mol. The molecule has 2 amide bonds. The number of nitrogens with zero attached hydrogens (tertiary/aromatic N) is 5. The van der Waals surface area contributed by atoms with Gasteiger partial charge in [-0.25, -0.2) is 14.8 Å². The molecule has 170 valence electrons. The highest BCUT2D eigenvalue weighted by Crippen LogP contribution is 2.16. The average Bonchev–Trinajstić information content (AvgIpc) is 3.38. The maximum atomic E-state index is 12.4. The molecule has 2 aliphatic rings. The van der Waals surface area contributed by atoms with E-state index in [0.717, 1.165) is 81.7 Å². The number of aromatic nitrogens is 1. The van der Waals surface area contributed by atoms with Crippen LogP contribution in [0.1, 0.15) is 25.3 Å². The van der Waals surface area contributed by atoms with E-state index in [2.05, 4.69) is 44.5 Å². The minimum Gasteiger partial charge on any atom is -0.357 e. The number of guanidine groups is 1. The Bertz CT molecular complexity index is 904. The van der Waals surface area contributed by atoms with Gasteiger partial charge in [0, 0.05) is 57.7 Å². The smallest absolute Gasteiger partial charge is 0.321 e. The SMILES string of the molecule is CCNC(=NCc1cccc(NC(=O)N2CCCC2)c1)N1CCN(c2ccccn2)CC1. The van der Waals surface area contributed by atoms with Crippen LogP contribution < -0.4 is 15.5 Å². The summed E-state index contributed by atoms with van der Waals surface area (Å²) in [6, 6.07) is 14.0. The fourth-order valence-electron chi connectivity index (χ4n) is 4.15. The van der Waals surface area contributed by atoms with Crippen molar-refractivity contribution < 1.29 is 4.79 Å². The third kappa shape index (κ3) is 5.69. The van der Waals surface area contributed by atoms with Gasteiger partial charge in [0.25, 0.3) is 0 Å². The molecule has 0 bridgehead atoms. The van der Waals surface area contributed by atoms with Crippen molar-refractivity contribution in [3.63, 3.8) is 0 Å². The summed E-state index contributed by atoms with van der Waals surface area (Å²) in [6.07, 6.45) is 4.02. The Morgan fingerprint density at radius 3 is 2.53 bits per heavy atom. The van der Waals surface area contributed by atoms with Crippen LogP contribution in [0.25, 0.3) is 0 Å². The van der Waals surface area contributed by atoms with Crippen LogP contribution in [0, 0.1) is 0 Å². The third-order valence-corrected chi connectivity index (χ3v) is 5.87. The van der Waals surface area contributed by atoms with E-state index in [9.17, 15) is 4.79 Å². The molecule has 0 atom stereocenters. The molecule has 2 N–H and O–H groups in total. The highest BCUT2D eigenvalue weighted by atomic mass is 16.2. The molecule has 4 rings (SSSR count). The summed E-state index contributed by atoms with van der Waals surface area (Å²) in [6.45, 7) is 8.79. The Hall–Kier alpha value is -3.29. The number of rotatable bonds is 5. The zero-order valence-corrected chi connectivity index (χ0v) is 18.8. The fraction of sp³-hybridized carbons (Fsp3) is 0.458. The maximum Gasteiger partial charge on any atom is 0.321 e. The summed E-state index contributed by atoms with van der Waals surface area (Å²) in [4.78, 5) is 28.2. The van der Waals surface area contributed by atoms with Gasteiger partial charge in [0.15, 0.2) is 5.96 Å². The van der Waals surface area contributed by atoms with Crippen LogP contribution >= 0.6 is 0 Å². The van der Waals surface area contributed by atoms with Crippen LogP contribution in [-0.4, -0.2) is 72.6 Å². The first-order chi connectivity index (χ1) is 15.7. The van der Waals surface area contributed by atoms with Gasteiger partial charge in [0.05, 0.1) is 6.54 Å². The molecule has 1 aromatic carbocycles. The molecule has 0 aliphatic carbocycles. The minimum absolute atomic E-state index is 0.0118. The van der Waals surface area contributed by atoms with Crippen molar-refractivity contribution in [2.75, 3.05) is 56.0 Å². The van der Waals surface area contributed by atoms with Crippen molar-refractivity contribution in [3.05, 3.63) is 54.2 Å².